The molecule has 3 rings (SSSR count). The van der Waals surface area contributed by atoms with Crippen molar-refractivity contribution in [1.82, 2.24) is 5.32 Å². The van der Waals surface area contributed by atoms with E-state index in [0.29, 0.717) is 6.54 Å². The van der Waals surface area contributed by atoms with Crippen molar-refractivity contribution in [3.8, 4) is 5.75 Å². The number of piperidine rings is 1. The third-order valence-electron chi connectivity index (χ3n) is 4.80. The van der Waals surface area contributed by atoms with E-state index >= 15 is 0 Å². The minimum Gasteiger partial charge on any atom is -0.481 e. The maximum absolute atomic E-state index is 12.3. The lowest BCUT2D eigenvalue weighted by Gasteiger charge is -2.28. The molecule has 0 aromatic heterocycles. The van der Waals surface area contributed by atoms with Crippen LogP contribution in [0.5, 0.6) is 5.75 Å². The third kappa shape index (κ3) is 5.01. The molecular formula is C22H28N2O2. The van der Waals surface area contributed by atoms with Crippen LogP contribution in [-0.2, 0) is 11.3 Å². The summed E-state index contributed by atoms with van der Waals surface area (Å²) < 4.78 is 5.73. The summed E-state index contributed by atoms with van der Waals surface area (Å²) in [5.74, 6) is 0.616. The number of nitrogens with one attached hydrogen (secondary N) is 1. The van der Waals surface area contributed by atoms with Crippen LogP contribution >= 0.6 is 0 Å². The maximum atomic E-state index is 12.3. The molecule has 138 valence electrons. The fourth-order valence-electron chi connectivity index (χ4n) is 3.26. The predicted octanol–water partition coefficient (Wildman–Crippen LogP) is 4.07. The zero-order chi connectivity index (χ0) is 18.4. The fourth-order valence-corrected chi connectivity index (χ4v) is 3.26. The van der Waals surface area contributed by atoms with Crippen molar-refractivity contribution in [3.05, 3.63) is 59.7 Å². The SMILES string of the molecule is Cc1cccc(O[C@@H](C)C(=O)NCc2ccc(N3CCCCC3)cc2)c1. The Morgan fingerprint density at radius 3 is 2.54 bits per heavy atom. The number of benzene rings is 2. The Hall–Kier alpha value is -2.49. The van der Waals surface area contributed by atoms with Gasteiger partial charge in [0.15, 0.2) is 6.10 Å². The minimum absolute atomic E-state index is 0.105. The van der Waals surface area contributed by atoms with Gasteiger partial charge in [-0.15, -0.1) is 0 Å². The van der Waals surface area contributed by atoms with Crippen LogP contribution in [0.1, 0.15) is 37.3 Å². The molecule has 1 saturated heterocycles. The molecular weight excluding hydrogens is 324 g/mol. The summed E-state index contributed by atoms with van der Waals surface area (Å²) in [4.78, 5) is 14.7. The quantitative estimate of drug-likeness (QED) is 0.852. The highest BCUT2D eigenvalue weighted by molar-refractivity contribution is 5.80. The van der Waals surface area contributed by atoms with Crippen molar-refractivity contribution in [2.24, 2.45) is 0 Å². The molecule has 4 heteroatoms. The van der Waals surface area contributed by atoms with Crippen molar-refractivity contribution in [2.75, 3.05) is 18.0 Å². The van der Waals surface area contributed by atoms with E-state index in [1.807, 2.05) is 31.2 Å². The third-order valence-corrected chi connectivity index (χ3v) is 4.80. The fraction of sp³-hybridized carbons (Fsp3) is 0.409. The van der Waals surface area contributed by atoms with Gasteiger partial charge in [-0.25, -0.2) is 0 Å². The first-order valence-electron chi connectivity index (χ1n) is 9.47. The number of nitrogens with zero attached hydrogens (tertiary/aromatic N) is 1. The molecule has 1 N–H and O–H groups in total. The Balaban J connectivity index is 1.49. The Morgan fingerprint density at radius 1 is 1.12 bits per heavy atom. The van der Waals surface area contributed by atoms with Crippen LogP contribution in [-0.4, -0.2) is 25.1 Å². The zero-order valence-corrected chi connectivity index (χ0v) is 15.7. The Bertz CT molecular complexity index is 721. The average molecular weight is 352 g/mol. The van der Waals surface area contributed by atoms with Gasteiger partial charge in [0, 0.05) is 25.3 Å². The van der Waals surface area contributed by atoms with Gasteiger partial charge in [-0.1, -0.05) is 24.3 Å². The Morgan fingerprint density at radius 2 is 1.85 bits per heavy atom. The van der Waals surface area contributed by atoms with Crippen molar-refractivity contribution in [2.45, 2.75) is 45.8 Å². The molecule has 1 atom stereocenters. The molecule has 0 aliphatic carbocycles. The van der Waals surface area contributed by atoms with E-state index in [0.717, 1.165) is 30.0 Å². The number of carbonyl (C=O) groups excluding carboxylic acids is 1. The largest absolute Gasteiger partial charge is 0.481 e. The second-order valence-corrected chi connectivity index (χ2v) is 7.01. The Kier molecular flexibility index (Phi) is 6.16. The van der Waals surface area contributed by atoms with Gasteiger partial charge in [-0.3, -0.25) is 4.79 Å². The van der Waals surface area contributed by atoms with Gasteiger partial charge in [-0.05, 0) is 68.5 Å². The molecule has 2 aromatic rings. The van der Waals surface area contributed by atoms with E-state index in [4.69, 9.17) is 4.74 Å². The first-order chi connectivity index (χ1) is 12.6. The molecule has 1 heterocycles. The van der Waals surface area contributed by atoms with Crippen LogP contribution in [0.3, 0.4) is 0 Å². The van der Waals surface area contributed by atoms with E-state index in [2.05, 4.69) is 34.5 Å². The lowest BCUT2D eigenvalue weighted by atomic mass is 10.1. The van der Waals surface area contributed by atoms with Crippen molar-refractivity contribution >= 4 is 11.6 Å². The molecule has 0 unspecified atom stereocenters. The molecule has 1 amide bonds. The molecule has 26 heavy (non-hydrogen) atoms. The normalized spacial score (nSPS) is 15.4. The Labute approximate surface area is 156 Å². The molecule has 1 aliphatic rings. The van der Waals surface area contributed by atoms with Crippen molar-refractivity contribution < 1.29 is 9.53 Å². The summed E-state index contributed by atoms with van der Waals surface area (Å²) in [6.07, 6.45) is 3.36. The molecule has 0 radical (unpaired) electrons. The average Bonchev–Trinajstić information content (AvgIpc) is 2.67. The van der Waals surface area contributed by atoms with Gasteiger partial charge < -0.3 is 15.0 Å². The van der Waals surface area contributed by atoms with Crippen LogP contribution < -0.4 is 15.0 Å². The smallest absolute Gasteiger partial charge is 0.261 e. The van der Waals surface area contributed by atoms with Crippen LogP contribution in [0.4, 0.5) is 5.69 Å². The van der Waals surface area contributed by atoms with Gasteiger partial charge in [0.2, 0.25) is 0 Å². The molecule has 0 bridgehead atoms. The second kappa shape index (κ2) is 8.75. The van der Waals surface area contributed by atoms with E-state index < -0.39 is 6.10 Å². The van der Waals surface area contributed by atoms with Crippen LogP contribution in [0, 0.1) is 6.92 Å². The summed E-state index contributed by atoms with van der Waals surface area (Å²) in [5, 5.41) is 2.96. The van der Waals surface area contributed by atoms with Crippen molar-refractivity contribution in [1.29, 1.82) is 0 Å². The highest BCUT2D eigenvalue weighted by atomic mass is 16.5. The van der Waals surface area contributed by atoms with Gasteiger partial charge in [0.05, 0.1) is 0 Å². The summed E-state index contributed by atoms with van der Waals surface area (Å²) >= 11 is 0. The lowest BCUT2D eigenvalue weighted by Crippen LogP contribution is -2.35. The number of amides is 1. The highest BCUT2D eigenvalue weighted by Crippen LogP contribution is 2.20. The van der Waals surface area contributed by atoms with Gasteiger partial charge in [-0.2, -0.15) is 0 Å². The van der Waals surface area contributed by atoms with E-state index in [1.165, 1.54) is 24.9 Å². The monoisotopic (exact) mass is 352 g/mol. The van der Waals surface area contributed by atoms with Gasteiger partial charge >= 0.3 is 0 Å². The van der Waals surface area contributed by atoms with Crippen LogP contribution in [0.2, 0.25) is 0 Å². The first-order valence-corrected chi connectivity index (χ1v) is 9.47. The van der Waals surface area contributed by atoms with E-state index in [9.17, 15) is 4.79 Å². The number of hydrogen-bond acceptors (Lipinski definition) is 3. The first kappa shape index (κ1) is 18.3. The number of aryl methyl sites for hydroxylation is 1. The van der Waals surface area contributed by atoms with E-state index in [-0.39, 0.29) is 5.91 Å². The molecule has 1 aliphatic heterocycles. The van der Waals surface area contributed by atoms with Crippen LogP contribution in [0.25, 0.3) is 0 Å². The standard InChI is InChI=1S/C22H28N2O2/c1-17-7-6-8-21(15-17)26-18(2)22(25)23-16-19-9-11-20(12-10-19)24-13-4-3-5-14-24/h6-12,15,18H,3-5,13-14,16H2,1-2H3,(H,23,25)/t18-/m0/s1. The summed E-state index contributed by atoms with van der Waals surface area (Å²) in [6.45, 7) is 6.58. The molecule has 2 aromatic carbocycles. The number of carbonyl (C=O) groups is 1. The predicted molar refractivity (Wildman–Crippen MR) is 106 cm³/mol. The number of ether oxygens (including phenoxy) is 1. The lowest BCUT2D eigenvalue weighted by molar-refractivity contribution is -0.127. The summed E-state index contributed by atoms with van der Waals surface area (Å²) in [6, 6.07) is 16.2. The van der Waals surface area contributed by atoms with Gasteiger partial charge in [0.25, 0.3) is 5.91 Å². The van der Waals surface area contributed by atoms with Crippen LogP contribution in [0.15, 0.2) is 48.5 Å². The second-order valence-electron chi connectivity index (χ2n) is 7.01. The molecule has 0 spiro atoms. The number of anilines is 1. The van der Waals surface area contributed by atoms with E-state index in [1.54, 1.807) is 6.92 Å². The maximum Gasteiger partial charge on any atom is 0.261 e. The number of rotatable bonds is 6. The number of hydrogen-bond donors (Lipinski definition) is 1. The summed E-state index contributed by atoms with van der Waals surface area (Å²) in [5.41, 5.74) is 3.49. The molecule has 0 saturated carbocycles. The zero-order valence-electron chi connectivity index (χ0n) is 15.7. The topological polar surface area (TPSA) is 41.6 Å². The molecule has 1 fully saturated rings. The van der Waals surface area contributed by atoms with Crippen molar-refractivity contribution in [3.63, 3.8) is 0 Å². The summed E-state index contributed by atoms with van der Waals surface area (Å²) in [7, 11) is 0. The minimum atomic E-state index is -0.524. The van der Waals surface area contributed by atoms with Gasteiger partial charge in [0.1, 0.15) is 5.75 Å². The highest BCUT2D eigenvalue weighted by Gasteiger charge is 2.15. The molecule has 4 nitrogen and oxygen atoms in total.